The quantitative estimate of drug-likeness (QED) is 0.0189. The Morgan fingerprint density at radius 1 is 0.538 bits per heavy atom. The van der Waals surface area contributed by atoms with Gasteiger partial charge in [-0.05, 0) is 102 Å². The maximum Gasteiger partial charge on any atom is 0.508 e. The van der Waals surface area contributed by atoms with Crippen molar-refractivity contribution in [2.75, 3.05) is 65.9 Å². The zero-order chi connectivity index (χ0) is 47.4. The molecule has 378 valence electrons. The number of carbonyl (C=O) groups excluding carboxylic acids is 4. The molecule has 0 N–H and O–H groups in total. The lowest BCUT2D eigenvalue weighted by Gasteiger charge is -2.31. The highest BCUT2D eigenvalue weighted by Gasteiger charge is 2.23. The first-order valence-corrected chi connectivity index (χ1v) is 26.3. The van der Waals surface area contributed by atoms with Gasteiger partial charge in [0.2, 0.25) is 0 Å². The second kappa shape index (κ2) is 43.6. The molecule has 0 bridgehead atoms. The third-order valence-corrected chi connectivity index (χ3v) is 11.9. The van der Waals surface area contributed by atoms with Crippen LogP contribution in [0.25, 0.3) is 0 Å². The van der Waals surface area contributed by atoms with Crippen LogP contribution in [-0.2, 0) is 47.5 Å². The van der Waals surface area contributed by atoms with Crippen molar-refractivity contribution in [2.45, 2.75) is 208 Å². The van der Waals surface area contributed by atoms with Crippen molar-refractivity contribution in [3.8, 4) is 0 Å². The Bertz CT molecular complexity index is 1190. The van der Waals surface area contributed by atoms with E-state index in [4.69, 9.17) is 33.2 Å². The van der Waals surface area contributed by atoms with Crippen LogP contribution in [0.3, 0.4) is 0 Å². The largest absolute Gasteiger partial charge is 0.508 e. The van der Waals surface area contributed by atoms with Crippen molar-refractivity contribution in [1.82, 2.24) is 4.90 Å². The van der Waals surface area contributed by atoms with E-state index in [1.165, 1.54) is 51.4 Å². The van der Waals surface area contributed by atoms with Crippen LogP contribution in [0, 0.1) is 17.8 Å². The fraction of sp³-hybridized carbons (Fsp3) is 0.849. The zero-order valence-electron chi connectivity index (χ0n) is 42.0. The van der Waals surface area contributed by atoms with Gasteiger partial charge in [-0.25, -0.2) is 4.79 Å². The number of nitrogens with zero attached hydrogens (tertiary/aromatic N) is 1. The fourth-order valence-electron chi connectivity index (χ4n) is 7.80. The van der Waals surface area contributed by atoms with E-state index in [1.807, 2.05) is 0 Å². The number of rotatable bonds is 43. The van der Waals surface area contributed by atoms with Gasteiger partial charge in [0.15, 0.2) is 6.29 Å². The number of allylic oxidation sites excluding steroid dienone is 4. The van der Waals surface area contributed by atoms with Crippen molar-refractivity contribution < 1.29 is 52.3 Å². The predicted octanol–water partition coefficient (Wildman–Crippen LogP) is 12.6. The van der Waals surface area contributed by atoms with Gasteiger partial charge in [-0.3, -0.25) is 14.4 Å². The van der Waals surface area contributed by atoms with Crippen molar-refractivity contribution >= 4 is 24.1 Å². The summed E-state index contributed by atoms with van der Waals surface area (Å²) in [4.78, 5) is 53.2. The second-order valence-electron chi connectivity index (χ2n) is 17.9. The number of carbonyl (C=O) groups is 4. The van der Waals surface area contributed by atoms with Gasteiger partial charge in [0, 0.05) is 44.9 Å². The van der Waals surface area contributed by atoms with Crippen LogP contribution in [-0.4, -0.2) is 101 Å². The fourth-order valence-corrected chi connectivity index (χ4v) is 7.80. The maximum absolute atomic E-state index is 13.0. The van der Waals surface area contributed by atoms with Gasteiger partial charge in [-0.2, -0.15) is 0 Å². The number of esters is 3. The van der Waals surface area contributed by atoms with Crippen LogP contribution in [0.5, 0.6) is 0 Å². The third-order valence-electron chi connectivity index (χ3n) is 11.9. The van der Waals surface area contributed by atoms with Crippen LogP contribution in [0.1, 0.15) is 202 Å². The molecule has 12 nitrogen and oxygen atoms in total. The van der Waals surface area contributed by atoms with E-state index in [0.717, 1.165) is 90.3 Å². The molecule has 1 aliphatic rings. The van der Waals surface area contributed by atoms with Crippen molar-refractivity contribution in [1.29, 1.82) is 0 Å². The first-order chi connectivity index (χ1) is 31.7. The molecule has 0 aromatic heterocycles. The Hall–Kier alpha value is -2.96. The summed E-state index contributed by atoms with van der Waals surface area (Å²) in [6.45, 7) is 15.2. The summed E-state index contributed by atoms with van der Waals surface area (Å²) in [6, 6.07) is 0. The predicted molar refractivity (Wildman–Crippen MR) is 259 cm³/mol. The van der Waals surface area contributed by atoms with Crippen molar-refractivity contribution in [3.63, 3.8) is 0 Å². The average Bonchev–Trinajstić information content (AvgIpc) is 3.31. The number of hydrogen-bond donors (Lipinski definition) is 0. The molecule has 1 rings (SSSR count). The van der Waals surface area contributed by atoms with Gasteiger partial charge in [0.25, 0.3) is 0 Å². The molecule has 1 saturated heterocycles. The van der Waals surface area contributed by atoms with Gasteiger partial charge in [0.1, 0.15) is 19.8 Å². The molecule has 2 atom stereocenters. The van der Waals surface area contributed by atoms with Gasteiger partial charge >= 0.3 is 24.1 Å². The monoisotopic (exact) mass is 922 g/mol. The Morgan fingerprint density at radius 3 is 1.68 bits per heavy atom. The molecule has 0 aromatic carbocycles. The Kier molecular flexibility index (Phi) is 40.3. The number of piperidine rings is 1. The van der Waals surface area contributed by atoms with Crippen LogP contribution >= 0.6 is 0 Å². The normalized spacial score (nSPS) is 15.0. The first kappa shape index (κ1) is 60.1. The molecule has 12 heteroatoms. The third kappa shape index (κ3) is 36.8. The molecule has 1 fully saturated rings. The summed E-state index contributed by atoms with van der Waals surface area (Å²) in [5, 5.41) is 0. The van der Waals surface area contributed by atoms with Crippen LogP contribution in [0.2, 0.25) is 0 Å². The topological polar surface area (TPSA) is 136 Å². The molecular weight excluding hydrogens is 827 g/mol. The zero-order valence-corrected chi connectivity index (χ0v) is 42.0. The smallest absolute Gasteiger partial charge is 0.466 e. The summed E-state index contributed by atoms with van der Waals surface area (Å²) in [7, 11) is 0. The minimum atomic E-state index is -0.793. The summed E-state index contributed by atoms with van der Waals surface area (Å²) in [5.74, 6) is -0.739. The molecule has 1 heterocycles. The summed E-state index contributed by atoms with van der Waals surface area (Å²) in [5.41, 5.74) is 0. The van der Waals surface area contributed by atoms with Crippen LogP contribution in [0.4, 0.5) is 4.79 Å². The van der Waals surface area contributed by atoms with Gasteiger partial charge < -0.3 is 38.1 Å². The molecule has 0 aliphatic carbocycles. The standard InChI is InChI=1S/C53H95NO11/c1-6-11-15-17-19-26-38-60-52(61-39-27-20-18-16-12-7-2)35-34-51(57)63-44-48(45-65-53(58)64-42-47-31-28-37-54(10-5)41-47)43-62-50(56)33-25-21-24-32-49(55)59-40-36-46(29-22-13-8-3)30-23-14-9-4/h11-12,15-16,46-48,52H,6-10,13-14,17-45H2,1-5H3/b15-11-,16-12-. The minimum absolute atomic E-state index is 0.0842. The van der Waals surface area contributed by atoms with E-state index in [-0.39, 0.29) is 51.2 Å². The highest BCUT2D eigenvalue weighted by molar-refractivity contribution is 5.70. The molecule has 0 aromatic rings. The molecule has 65 heavy (non-hydrogen) atoms. The van der Waals surface area contributed by atoms with E-state index in [9.17, 15) is 19.2 Å². The highest BCUT2D eigenvalue weighted by atomic mass is 16.7. The van der Waals surface area contributed by atoms with Crippen molar-refractivity contribution in [2.24, 2.45) is 17.8 Å². The summed E-state index contributed by atoms with van der Waals surface area (Å²) < 4.78 is 39.8. The first-order valence-electron chi connectivity index (χ1n) is 26.3. The SMILES string of the molecule is CC/C=C\CCCCOC(CCC(=O)OCC(COC(=O)CCCCCC(=O)OCCC(CCCCC)CCCCC)COC(=O)OCC1CCCN(CC)C1)OCCCC/C=C\CC. The molecule has 0 spiro atoms. The number of unbranched alkanes of at least 4 members (excludes halogenated alkanes) is 10. The number of ether oxygens (including phenoxy) is 7. The van der Waals surface area contributed by atoms with Crippen LogP contribution in [0.15, 0.2) is 24.3 Å². The minimum Gasteiger partial charge on any atom is -0.466 e. The molecular formula is C53H95NO11. The van der Waals surface area contributed by atoms with E-state index in [1.54, 1.807) is 0 Å². The number of hydrogen-bond acceptors (Lipinski definition) is 12. The molecule has 2 unspecified atom stereocenters. The molecule has 0 saturated carbocycles. The Balaban J connectivity index is 2.62. The van der Waals surface area contributed by atoms with E-state index in [0.29, 0.717) is 57.8 Å². The van der Waals surface area contributed by atoms with Gasteiger partial charge in [-0.15, -0.1) is 0 Å². The van der Waals surface area contributed by atoms with Crippen LogP contribution < -0.4 is 0 Å². The van der Waals surface area contributed by atoms with Gasteiger partial charge in [0.05, 0.1) is 25.6 Å². The lowest BCUT2D eigenvalue weighted by molar-refractivity contribution is -0.161. The van der Waals surface area contributed by atoms with Crippen molar-refractivity contribution in [3.05, 3.63) is 24.3 Å². The molecule has 1 aliphatic heterocycles. The Labute approximate surface area is 396 Å². The van der Waals surface area contributed by atoms with E-state index >= 15 is 0 Å². The average molecular weight is 922 g/mol. The summed E-state index contributed by atoms with van der Waals surface area (Å²) >= 11 is 0. The Morgan fingerprint density at radius 2 is 1.11 bits per heavy atom. The lowest BCUT2D eigenvalue weighted by atomic mass is 9.92. The lowest BCUT2D eigenvalue weighted by Crippen LogP contribution is -2.37. The van der Waals surface area contributed by atoms with Gasteiger partial charge in [-0.1, -0.05) is 117 Å². The van der Waals surface area contributed by atoms with E-state index < -0.39 is 30.3 Å². The number of likely N-dealkylation sites (tertiary alicyclic amines) is 1. The summed E-state index contributed by atoms with van der Waals surface area (Å²) in [6.07, 6.45) is 31.0. The molecule has 0 amide bonds. The second-order valence-corrected chi connectivity index (χ2v) is 17.9. The molecule has 0 radical (unpaired) electrons. The van der Waals surface area contributed by atoms with E-state index in [2.05, 4.69) is 63.8 Å². The maximum atomic E-state index is 13.0. The highest BCUT2D eigenvalue weighted by Crippen LogP contribution is 2.22.